The van der Waals surface area contributed by atoms with Gasteiger partial charge in [0.1, 0.15) is 23.8 Å². The molecule has 2 N–H and O–H groups in total. The molecule has 4 aromatic rings. The number of hydrogen-bond acceptors (Lipinski definition) is 3. The van der Waals surface area contributed by atoms with E-state index < -0.39 is 0 Å². The molecule has 0 atom stereocenters. The summed E-state index contributed by atoms with van der Waals surface area (Å²) in [5, 5.41) is 3.72. The molecule has 0 aliphatic carbocycles. The van der Waals surface area contributed by atoms with Crippen molar-refractivity contribution in [3.8, 4) is 5.75 Å². The SMILES string of the molecule is O=C(NCc1ccco1)c1cc2c(OCc3ccccc3)cccc2[nH]1. The molecular formula is C21H18N2O3. The molecule has 0 fully saturated rings. The summed E-state index contributed by atoms with van der Waals surface area (Å²) >= 11 is 0. The van der Waals surface area contributed by atoms with Gasteiger partial charge in [-0.25, -0.2) is 0 Å². The van der Waals surface area contributed by atoms with E-state index in [9.17, 15) is 4.79 Å². The first-order valence-electron chi connectivity index (χ1n) is 8.38. The predicted octanol–water partition coefficient (Wildman–Crippen LogP) is 4.27. The minimum Gasteiger partial charge on any atom is -0.488 e. The molecule has 130 valence electrons. The van der Waals surface area contributed by atoms with E-state index in [1.807, 2.05) is 60.7 Å². The van der Waals surface area contributed by atoms with E-state index in [-0.39, 0.29) is 5.91 Å². The van der Waals surface area contributed by atoms with Gasteiger partial charge in [0.2, 0.25) is 0 Å². The summed E-state index contributed by atoms with van der Waals surface area (Å²) in [6.45, 7) is 0.823. The number of amides is 1. The normalized spacial score (nSPS) is 10.8. The number of fused-ring (bicyclic) bond motifs is 1. The molecule has 0 saturated carbocycles. The van der Waals surface area contributed by atoms with Crippen molar-refractivity contribution in [3.63, 3.8) is 0 Å². The molecule has 5 heteroatoms. The second kappa shape index (κ2) is 7.19. The van der Waals surface area contributed by atoms with Crippen LogP contribution in [0.4, 0.5) is 0 Å². The summed E-state index contributed by atoms with van der Waals surface area (Å²) in [6.07, 6.45) is 1.58. The maximum Gasteiger partial charge on any atom is 0.268 e. The molecule has 0 bridgehead atoms. The fraction of sp³-hybridized carbons (Fsp3) is 0.0952. The number of hydrogen-bond donors (Lipinski definition) is 2. The van der Waals surface area contributed by atoms with E-state index in [0.29, 0.717) is 24.6 Å². The predicted molar refractivity (Wildman–Crippen MR) is 99.0 cm³/mol. The standard InChI is InChI=1S/C21H18N2O3/c24-21(22-13-16-8-5-11-25-16)19-12-17-18(23-19)9-4-10-20(17)26-14-15-6-2-1-3-7-15/h1-12,23H,13-14H2,(H,22,24). The minimum atomic E-state index is -0.188. The highest BCUT2D eigenvalue weighted by Gasteiger charge is 2.12. The molecule has 2 heterocycles. The molecule has 0 spiro atoms. The number of benzene rings is 2. The summed E-state index contributed by atoms with van der Waals surface area (Å²) in [7, 11) is 0. The zero-order valence-corrected chi connectivity index (χ0v) is 14.1. The molecule has 0 radical (unpaired) electrons. The first-order valence-corrected chi connectivity index (χ1v) is 8.38. The van der Waals surface area contributed by atoms with E-state index in [1.165, 1.54) is 0 Å². The van der Waals surface area contributed by atoms with Gasteiger partial charge in [-0.3, -0.25) is 4.79 Å². The number of nitrogens with one attached hydrogen (secondary N) is 2. The molecule has 1 amide bonds. The Bertz CT molecular complexity index is 1000. The number of aromatic amines is 1. The third-order valence-electron chi connectivity index (χ3n) is 4.11. The Morgan fingerprint density at radius 2 is 1.92 bits per heavy atom. The monoisotopic (exact) mass is 346 g/mol. The number of rotatable bonds is 6. The van der Waals surface area contributed by atoms with Gasteiger partial charge in [0.15, 0.2) is 0 Å². The van der Waals surface area contributed by atoms with Crippen molar-refractivity contribution in [2.75, 3.05) is 0 Å². The van der Waals surface area contributed by atoms with Crippen LogP contribution in [-0.4, -0.2) is 10.9 Å². The molecule has 0 saturated heterocycles. The van der Waals surface area contributed by atoms with Crippen molar-refractivity contribution >= 4 is 16.8 Å². The quantitative estimate of drug-likeness (QED) is 0.548. The van der Waals surface area contributed by atoms with Gasteiger partial charge in [-0.2, -0.15) is 0 Å². The van der Waals surface area contributed by atoms with Crippen LogP contribution < -0.4 is 10.1 Å². The number of carbonyl (C=O) groups excluding carboxylic acids is 1. The molecule has 5 nitrogen and oxygen atoms in total. The maximum absolute atomic E-state index is 12.4. The summed E-state index contributed by atoms with van der Waals surface area (Å²) < 4.78 is 11.2. The van der Waals surface area contributed by atoms with Crippen molar-refractivity contribution in [3.05, 3.63) is 90.0 Å². The van der Waals surface area contributed by atoms with E-state index >= 15 is 0 Å². The molecule has 0 aliphatic heterocycles. The Morgan fingerprint density at radius 1 is 1.04 bits per heavy atom. The van der Waals surface area contributed by atoms with Gasteiger partial charge in [0, 0.05) is 10.9 Å². The van der Waals surface area contributed by atoms with Crippen molar-refractivity contribution in [2.45, 2.75) is 13.2 Å². The van der Waals surface area contributed by atoms with Crippen molar-refractivity contribution in [1.82, 2.24) is 10.3 Å². The second-order valence-corrected chi connectivity index (χ2v) is 5.94. The van der Waals surface area contributed by atoms with Crippen molar-refractivity contribution < 1.29 is 13.9 Å². The lowest BCUT2D eigenvalue weighted by Crippen LogP contribution is -2.22. The lowest BCUT2D eigenvalue weighted by Gasteiger charge is -2.07. The van der Waals surface area contributed by atoms with E-state index in [4.69, 9.17) is 9.15 Å². The summed E-state index contributed by atoms with van der Waals surface area (Å²) in [5.74, 6) is 1.26. The highest BCUT2D eigenvalue weighted by molar-refractivity contribution is 5.99. The van der Waals surface area contributed by atoms with Crippen LogP contribution in [0.5, 0.6) is 5.75 Å². The number of furan rings is 1. The largest absolute Gasteiger partial charge is 0.488 e. The van der Waals surface area contributed by atoms with Crippen LogP contribution in [0.2, 0.25) is 0 Å². The summed E-state index contributed by atoms with van der Waals surface area (Å²) in [5.41, 5.74) is 2.44. The fourth-order valence-corrected chi connectivity index (χ4v) is 2.79. The van der Waals surface area contributed by atoms with Crippen LogP contribution in [0.1, 0.15) is 21.8 Å². The smallest absolute Gasteiger partial charge is 0.268 e. The zero-order valence-electron chi connectivity index (χ0n) is 14.1. The Labute approximate surface area is 150 Å². The van der Waals surface area contributed by atoms with Gasteiger partial charge in [-0.1, -0.05) is 36.4 Å². The van der Waals surface area contributed by atoms with Crippen LogP contribution in [0.15, 0.2) is 77.4 Å². The lowest BCUT2D eigenvalue weighted by molar-refractivity contribution is 0.0944. The van der Waals surface area contributed by atoms with Crippen molar-refractivity contribution in [2.24, 2.45) is 0 Å². The number of ether oxygens (including phenoxy) is 1. The molecule has 4 rings (SSSR count). The molecule has 26 heavy (non-hydrogen) atoms. The third kappa shape index (κ3) is 3.47. The Hall–Kier alpha value is -3.47. The highest BCUT2D eigenvalue weighted by Crippen LogP contribution is 2.27. The Kier molecular flexibility index (Phi) is 4.43. The summed E-state index contributed by atoms with van der Waals surface area (Å²) in [4.78, 5) is 15.5. The zero-order chi connectivity index (χ0) is 17.8. The number of carbonyl (C=O) groups is 1. The first-order chi connectivity index (χ1) is 12.8. The third-order valence-corrected chi connectivity index (χ3v) is 4.11. The first kappa shape index (κ1) is 16.0. The minimum absolute atomic E-state index is 0.188. The van der Waals surface area contributed by atoms with Crippen LogP contribution in [0, 0.1) is 0 Å². The molecule has 0 unspecified atom stereocenters. The van der Waals surface area contributed by atoms with Crippen molar-refractivity contribution in [1.29, 1.82) is 0 Å². The van der Waals surface area contributed by atoms with E-state index in [2.05, 4.69) is 10.3 Å². The van der Waals surface area contributed by atoms with Crippen LogP contribution in [0.25, 0.3) is 10.9 Å². The van der Waals surface area contributed by atoms with Gasteiger partial charge in [-0.15, -0.1) is 0 Å². The van der Waals surface area contributed by atoms with Gasteiger partial charge in [-0.05, 0) is 35.9 Å². The van der Waals surface area contributed by atoms with Crippen LogP contribution >= 0.6 is 0 Å². The maximum atomic E-state index is 12.4. The molecular weight excluding hydrogens is 328 g/mol. The molecule has 2 aromatic carbocycles. The Morgan fingerprint density at radius 3 is 2.73 bits per heavy atom. The van der Waals surface area contributed by atoms with Gasteiger partial charge < -0.3 is 19.5 Å². The topological polar surface area (TPSA) is 67.3 Å². The van der Waals surface area contributed by atoms with Gasteiger partial charge in [0.05, 0.1) is 12.8 Å². The second-order valence-electron chi connectivity index (χ2n) is 5.94. The highest BCUT2D eigenvalue weighted by atomic mass is 16.5. The van der Waals surface area contributed by atoms with Gasteiger partial charge in [0.25, 0.3) is 5.91 Å². The average molecular weight is 346 g/mol. The Balaban J connectivity index is 1.50. The van der Waals surface area contributed by atoms with Crippen LogP contribution in [0.3, 0.4) is 0 Å². The van der Waals surface area contributed by atoms with E-state index in [1.54, 1.807) is 12.3 Å². The average Bonchev–Trinajstić information content (AvgIpc) is 3.35. The van der Waals surface area contributed by atoms with Crippen LogP contribution in [-0.2, 0) is 13.2 Å². The summed E-state index contributed by atoms with van der Waals surface area (Å²) in [6, 6.07) is 21.1. The molecule has 2 aromatic heterocycles. The molecule has 0 aliphatic rings. The number of aromatic nitrogens is 1. The van der Waals surface area contributed by atoms with Gasteiger partial charge >= 0.3 is 0 Å². The fourth-order valence-electron chi connectivity index (χ4n) is 2.79. The number of H-pyrrole nitrogens is 1. The van der Waals surface area contributed by atoms with E-state index in [0.717, 1.165) is 22.2 Å². The lowest BCUT2D eigenvalue weighted by atomic mass is 10.2.